The van der Waals surface area contributed by atoms with E-state index in [-0.39, 0.29) is 12.0 Å². The molecule has 0 radical (unpaired) electrons. The zero-order valence-corrected chi connectivity index (χ0v) is 13.8. The van der Waals surface area contributed by atoms with E-state index >= 15 is 0 Å². The van der Waals surface area contributed by atoms with Crippen molar-refractivity contribution in [2.75, 3.05) is 0 Å². The van der Waals surface area contributed by atoms with E-state index in [0.717, 1.165) is 23.1 Å². The van der Waals surface area contributed by atoms with Gasteiger partial charge in [0.1, 0.15) is 0 Å². The van der Waals surface area contributed by atoms with Gasteiger partial charge >= 0.3 is 0 Å². The molecule has 122 valence electrons. The van der Waals surface area contributed by atoms with Crippen LogP contribution in [0.5, 0.6) is 0 Å². The molecule has 1 saturated carbocycles. The van der Waals surface area contributed by atoms with Crippen LogP contribution in [0.2, 0.25) is 0 Å². The number of halogens is 1. The van der Waals surface area contributed by atoms with E-state index < -0.39 is 21.2 Å². The first-order chi connectivity index (χ1) is 10.9. The second kappa shape index (κ2) is 6.02. The van der Waals surface area contributed by atoms with Gasteiger partial charge in [-0.25, -0.2) is 18.1 Å². The second-order valence-electron chi connectivity index (χ2n) is 6.15. The Hall–Kier alpha value is -1.79. The summed E-state index contributed by atoms with van der Waals surface area (Å²) < 4.78 is 39.4. The number of benzene rings is 1. The van der Waals surface area contributed by atoms with Crippen LogP contribution in [0.15, 0.2) is 42.6 Å². The fourth-order valence-corrected chi connectivity index (χ4v) is 3.46. The van der Waals surface area contributed by atoms with Crippen molar-refractivity contribution in [3.05, 3.63) is 54.1 Å². The standard InChI is InChI=1S/C17H19FN2O2S/c1-11(2)23(21,22)20-16-9-15(16)13-5-3-12(4-6-13)14-7-8-17(18)19-10-14/h3-8,10-11,15-16,20H,9H2,1-2H3. The lowest BCUT2D eigenvalue weighted by molar-refractivity contribution is 0.570. The summed E-state index contributed by atoms with van der Waals surface area (Å²) in [6, 6.07) is 10.9. The van der Waals surface area contributed by atoms with Crippen LogP contribution in [0, 0.1) is 5.95 Å². The minimum atomic E-state index is -3.22. The first kappa shape index (κ1) is 16.1. The third-order valence-corrected chi connectivity index (χ3v) is 6.00. The Balaban J connectivity index is 1.69. The summed E-state index contributed by atoms with van der Waals surface area (Å²) in [6.45, 7) is 3.34. The van der Waals surface area contributed by atoms with Crippen molar-refractivity contribution in [3.8, 4) is 11.1 Å². The van der Waals surface area contributed by atoms with Gasteiger partial charge in [-0.1, -0.05) is 24.3 Å². The highest BCUT2D eigenvalue weighted by molar-refractivity contribution is 7.90. The third-order valence-electron chi connectivity index (χ3n) is 4.13. The summed E-state index contributed by atoms with van der Waals surface area (Å²) in [7, 11) is -3.22. The van der Waals surface area contributed by atoms with Crippen LogP contribution in [0.4, 0.5) is 4.39 Å². The molecule has 23 heavy (non-hydrogen) atoms. The maximum atomic E-state index is 12.8. The van der Waals surface area contributed by atoms with E-state index in [2.05, 4.69) is 9.71 Å². The second-order valence-corrected chi connectivity index (χ2v) is 8.42. The Kier molecular flexibility index (Phi) is 4.21. The lowest BCUT2D eigenvalue weighted by atomic mass is 10.0. The first-order valence-corrected chi connectivity index (χ1v) is 9.14. The molecule has 1 aliphatic rings. The lowest BCUT2D eigenvalue weighted by Gasteiger charge is -2.09. The van der Waals surface area contributed by atoms with Gasteiger partial charge in [-0.05, 0) is 43.5 Å². The normalized spacial score (nSPS) is 20.7. The van der Waals surface area contributed by atoms with E-state index in [9.17, 15) is 12.8 Å². The van der Waals surface area contributed by atoms with E-state index in [0.29, 0.717) is 0 Å². The summed E-state index contributed by atoms with van der Waals surface area (Å²) in [4.78, 5) is 3.65. The Morgan fingerprint density at radius 2 is 1.78 bits per heavy atom. The van der Waals surface area contributed by atoms with Crippen LogP contribution in [-0.4, -0.2) is 24.7 Å². The smallest absolute Gasteiger partial charge is 0.214 e. The zero-order valence-electron chi connectivity index (χ0n) is 13.0. The molecule has 0 saturated heterocycles. The van der Waals surface area contributed by atoms with Gasteiger partial charge in [-0.3, -0.25) is 0 Å². The van der Waals surface area contributed by atoms with Crippen molar-refractivity contribution in [1.82, 2.24) is 9.71 Å². The summed E-state index contributed by atoms with van der Waals surface area (Å²) in [5.74, 6) is -0.271. The quantitative estimate of drug-likeness (QED) is 0.855. The molecular formula is C17H19FN2O2S. The van der Waals surface area contributed by atoms with Crippen molar-refractivity contribution in [2.45, 2.75) is 37.5 Å². The zero-order chi connectivity index (χ0) is 16.6. The van der Waals surface area contributed by atoms with Crippen molar-refractivity contribution < 1.29 is 12.8 Å². The van der Waals surface area contributed by atoms with Crippen molar-refractivity contribution in [3.63, 3.8) is 0 Å². The van der Waals surface area contributed by atoms with E-state index in [1.54, 1.807) is 19.9 Å². The minimum absolute atomic E-state index is 0.0132. The Morgan fingerprint density at radius 1 is 1.13 bits per heavy atom. The number of sulfonamides is 1. The molecule has 1 fully saturated rings. The summed E-state index contributed by atoms with van der Waals surface area (Å²) >= 11 is 0. The van der Waals surface area contributed by atoms with Crippen molar-refractivity contribution >= 4 is 10.0 Å². The highest BCUT2D eigenvalue weighted by Crippen LogP contribution is 2.41. The number of aromatic nitrogens is 1. The van der Waals surface area contributed by atoms with Crippen LogP contribution in [0.1, 0.15) is 31.7 Å². The van der Waals surface area contributed by atoms with Gasteiger partial charge in [0.15, 0.2) is 0 Å². The van der Waals surface area contributed by atoms with Crippen LogP contribution < -0.4 is 4.72 Å². The van der Waals surface area contributed by atoms with Gasteiger partial charge in [-0.2, -0.15) is 4.39 Å². The van der Waals surface area contributed by atoms with Gasteiger partial charge < -0.3 is 0 Å². The average Bonchev–Trinajstić information content (AvgIpc) is 3.26. The number of nitrogens with zero attached hydrogens (tertiary/aromatic N) is 1. The molecule has 1 aliphatic carbocycles. The van der Waals surface area contributed by atoms with E-state index in [4.69, 9.17) is 0 Å². The van der Waals surface area contributed by atoms with E-state index in [1.165, 1.54) is 12.3 Å². The largest absolute Gasteiger partial charge is 0.228 e. The molecule has 0 aliphatic heterocycles. The fourth-order valence-electron chi connectivity index (χ4n) is 2.51. The van der Waals surface area contributed by atoms with Crippen LogP contribution in [-0.2, 0) is 10.0 Å². The maximum Gasteiger partial charge on any atom is 0.214 e. The Bertz CT molecular complexity index is 786. The molecule has 1 N–H and O–H groups in total. The molecular weight excluding hydrogens is 315 g/mol. The summed E-state index contributed by atoms with van der Waals surface area (Å²) in [6.07, 6.45) is 2.32. The Labute approximate surface area is 135 Å². The number of rotatable bonds is 5. The molecule has 1 aromatic heterocycles. The molecule has 1 heterocycles. The fraction of sp³-hybridized carbons (Fsp3) is 0.353. The maximum absolute atomic E-state index is 12.8. The lowest BCUT2D eigenvalue weighted by Crippen LogP contribution is -2.33. The van der Waals surface area contributed by atoms with E-state index in [1.807, 2.05) is 24.3 Å². The third kappa shape index (κ3) is 3.59. The molecule has 0 spiro atoms. The number of hydrogen-bond donors (Lipinski definition) is 1. The van der Waals surface area contributed by atoms with Gasteiger partial charge in [0.05, 0.1) is 5.25 Å². The topological polar surface area (TPSA) is 59.1 Å². The van der Waals surface area contributed by atoms with Gasteiger partial charge in [0, 0.05) is 23.7 Å². The predicted octanol–water partition coefficient (Wildman–Crippen LogP) is 3.07. The van der Waals surface area contributed by atoms with Crippen LogP contribution >= 0.6 is 0 Å². The Morgan fingerprint density at radius 3 is 2.35 bits per heavy atom. The molecule has 4 nitrogen and oxygen atoms in total. The average molecular weight is 334 g/mol. The predicted molar refractivity (Wildman–Crippen MR) is 88.0 cm³/mol. The molecule has 2 aromatic rings. The van der Waals surface area contributed by atoms with Gasteiger partial charge in [0.25, 0.3) is 0 Å². The number of nitrogens with one attached hydrogen (secondary N) is 1. The van der Waals surface area contributed by atoms with Crippen molar-refractivity contribution in [2.24, 2.45) is 0 Å². The molecule has 0 bridgehead atoms. The summed E-state index contributed by atoms with van der Waals surface area (Å²) in [5.41, 5.74) is 2.92. The number of hydrogen-bond acceptors (Lipinski definition) is 3. The molecule has 3 rings (SSSR count). The first-order valence-electron chi connectivity index (χ1n) is 7.60. The highest BCUT2D eigenvalue weighted by atomic mass is 32.2. The van der Waals surface area contributed by atoms with Gasteiger partial charge in [0.2, 0.25) is 16.0 Å². The minimum Gasteiger partial charge on any atom is -0.228 e. The highest BCUT2D eigenvalue weighted by Gasteiger charge is 2.41. The van der Waals surface area contributed by atoms with Crippen LogP contribution in [0.25, 0.3) is 11.1 Å². The monoisotopic (exact) mass is 334 g/mol. The molecule has 0 amide bonds. The molecule has 6 heteroatoms. The molecule has 2 unspecified atom stereocenters. The molecule has 1 aromatic carbocycles. The van der Waals surface area contributed by atoms with Gasteiger partial charge in [-0.15, -0.1) is 0 Å². The SMILES string of the molecule is CC(C)S(=O)(=O)NC1CC1c1ccc(-c2ccc(F)nc2)cc1. The van der Waals surface area contributed by atoms with Crippen LogP contribution in [0.3, 0.4) is 0 Å². The van der Waals surface area contributed by atoms with Crippen molar-refractivity contribution in [1.29, 1.82) is 0 Å². The summed E-state index contributed by atoms with van der Waals surface area (Å²) in [5, 5.41) is -0.419. The number of pyridine rings is 1. The molecule has 2 atom stereocenters.